The van der Waals surface area contributed by atoms with E-state index >= 15 is 0 Å². The van der Waals surface area contributed by atoms with Gasteiger partial charge in [-0.1, -0.05) is 30.4 Å². The van der Waals surface area contributed by atoms with Crippen molar-refractivity contribution in [1.82, 2.24) is 0 Å². The summed E-state index contributed by atoms with van der Waals surface area (Å²) in [5.74, 6) is -1.10. The van der Waals surface area contributed by atoms with E-state index in [0.29, 0.717) is 19.6 Å². The first kappa shape index (κ1) is 26.4. The lowest BCUT2D eigenvalue weighted by Gasteiger charge is -2.39. The summed E-state index contributed by atoms with van der Waals surface area (Å²) in [5.41, 5.74) is -0.802. The van der Waals surface area contributed by atoms with Gasteiger partial charge in [0, 0.05) is 6.61 Å². The van der Waals surface area contributed by atoms with E-state index in [2.05, 4.69) is 6.58 Å². The minimum atomic E-state index is -1.68. The first-order valence-corrected chi connectivity index (χ1v) is 11.6. The van der Waals surface area contributed by atoms with Crippen molar-refractivity contribution in [3.05, 3.63) is 54.6 Å². The highest BCUT2D eigenvalue weighted by atomic mass is 16.7. The Balaban J connectivity index is 1.83. The first-order valence-electron chi connectivity index (χ1n) is 11.6. The Morgan fingerprint density at radius 2 is 2.09 bits per heavy atom. The zero-order valence-electron chi connectivity index (χ0n) is 20.4. The fourth-order valence-electron chi connectivity index (χ4n) is 4.02. The lowest BCUT2D eigenvalue weighted by molar-refractivity contribution is -0.209. The van der Waals surface area contributed by atoms with Gasteiger partial charge in [0.25, 0.3) is 0 Å². The molecule has 2 fully saturated rings. The second kappa shape index (κ2) is 11.5. The highest BCUT2D eigenvalue weighted by Gasteiger charge is 2.46. The molecule has 0 spiro atoms. The van der Waals surface area contributed by atoms with Gasteiger partial charge in [0.1, 0.15) is 24.1 Å². The zero-order valence-corrected chi connectivity index (χ0v) is 20.4. The number of carboxylic acid groups (broad SMARTS) is 1. The van der Waals surface area contributed by atoms with Crippen LogP contribution in [-0.2, 0) is 35.1 Å². The summed E-state index contributed by atoms with van der Waals surface area (Å²) >= 11 is 0. The van der Waals surface area contributed by atoms with Crippen LogP contribution in [0.2, 0.25) is 0 Å². The van der Waals surface area contributed by atoms with Crippen molar-refractivity contribution < 1.29 is 38.3 Å². The summed E-state index contributed by atoms with van der Waals surface area (Å²) in [4.78, 5) is 12.5. The number of aliphatic carboxylic acids is 1. The lowest BCUT2D eigenvalue weighted by atomic mass is 9.95. The third kappa shape index (κ3) is 6.67. The fraction of sp³-hybridized carbons (Fsp3) is 0.577. The molecule has 5 atom stereocenters. The van der Waals surface area contributed by atoms with E-state index in [0.717, 1.165) is 17.7 Å². The number of ether oxygens (including phenoxy) is 6. The van der Waals surface area contributed by atoms with Gasteiger partial charge in [-0.3, -0.25) is 0 Å². The highest BCUT2D eigenvalue weighted by Crippen LogP contribution is 2.30. The second-order valence-electron chi connectivity index (χ2n) is 9.11. The van der Waals surface area contributed by atoms with Crippen molar-refractivity contribution >= 4 is 5.97 Å². The summed E-state index contributed by atoms with van der Waals surface area (Å²) in [6.45, 7) is 10.2. The number of carbonyl (C=O) groups is 1. The normalized spacial score (nSPS) is 27.2. The van der Waals surface area contributed by atoms with Gasteiger partial charge in [0.2, 0.25) is 0 Å². The van der Waals surface area contributed by atoms with Crippen LogP contribution < -0.4 is 4.74 Å². The topological polar surface area (TPSA) is 92.7 Å². The summed E-state index contributed by atoms with van der Waals surface area (Å²) in [7, 11) is 1.60. The van der Waals surface area contributed by atoms with Crippen molar-refractivity contribution in [3.63, 3.8) is 0 Å². The molecule has 0 aliphatic carbocycles. The summed E-state index contributed by atoms with van der Waals surface area (Å²) in [6, 6.07) is 7.40. The van der Waals surface area contributed by atoms with E-state index < -0.39 is 29.6 Å². The van der Waals surface area contributed by atoms with Crippen molar-refractivity contribution in [2.75, 3.05) is 20.3 Å². The number of hydrogen-bond acceptors (Lipinski definition) is 7. The van der Waals surface area contributed by atoms with Crippen LogP contribution in [-0.4, -0.2) is 67.2 Å². The number of methoxy groups -OCH3 is 1. The predicted octanol–water partition coefficient (Wildman–Crippen LogP) is 3.88. The predicted molar refractivity (Wildman–Crippen MR) is 126 cm³/mol. The molecule has 1 N–H and O–H groups in total. The van der Waals surface area contributed by atoms with Crippen molar-refractivity contribution in [2.24, 2.45) is 0 Å². The molecule has 8 nitrogen and oxygen atoms in total. The van der Waals surface area contributed by atoms with E-state index in [1.165, 1.54) is 6.92 Å². The van der Waals surface area contributed by atoms with Crippen LogP contribution in [0.5, 0.6) is 5.75 Å². The van der Waals surface area contributed by atoms with Gasteiger partial charge in [-0.2, -0.15) is 0 Å². The van der Waals surface area contributed by atoms with Crippen LogP contribution in [0.3, 0.4) is 0 Å². The van der Waals surface area contributed by atoms with Gasteiger partial charge in [-0.15, -0.1) is 6.58 Å². The Bertz CT molecular complexity index is 849. The maximum Gasteiger partial charge on any atom is 0.338 e. The van der Waals surface area contributed by atoms with E-state index in [1.807, 2.05) is 38.1 Å². The van der Waals surface area contributed by atoms with Crippen molar-refractivity contribution in [3.8, 4) is 5.75 Å². The molecule has 0 saturated carbocycles. The number of benzene rings is 1. The van der Waals surface area contributed by atoms with Crippen LogP contribution >= 0.6 is 0 Å². The Hall–Kier alpha value is -2.23. The quantitative estimate of drug-likeness (QED) is 0.481. The highest BCUT2D eigenvalue weighted by molar-refractivity contribution is 5.78. The van der Waals surface area contributed by atoms with Gasteiger partial charge >= 0.3 is 5.97 Å². The molecule has 1 aromatic carbocycles. The molecular formula is C26H36O8. The molecule has 3 rings (SSSR count). The van der Waals surface area contributed by atoms with E-state index in [4.69, 9.17) is 28.4 Å². The largest absolute Gasteiger partial charge is 0.497 e. The number of carboxylic acids is 1. The van der Waals surface area contributed by atoms with Gasteiger partial charge in [-0.05, 0) is 51.3 Å². The standard InChI is InChI=1S/C26H36O8/c1-6-21-22(8-7-15-30-21)34-26(4,24(27)28)23(14-13-20-17-32-25(2,3)33-20)31-16-18-9-11-19(29-5)12-10-18/h6,9-14,20-23H,1,7-8,15-17H2,2-5H3,(H,27,28)/b14-13+/t20-,21+,22-,23+,26-/m0/s1. The lowest BCUT2D eigenvalue weighted by Crippen LogP contribution is -2.54. The minimum Gasteiger partial charge on any atom is -0.497 e. The summed E-state index contributed by atoms with van der Waals surface area (Å²) < 4.78 is 34.8. The first-order chi connectivity index (χ1) is 16.2. The van der Waals surface area contributed by atoms with Gasteiger partial charge in [-0.25, -0.2) is 4.79 Å². The molecule has 34 heavy (non-hydrogen) atoms. The van der Waals surface area contributed by atoms with Crippen molar-refractivity contribution in [2.45, 2.75) is 76.0 Å². The molecule has 2 aliphatic heterocycles. The maximum atomic E-state index is 12.5. The molecule has 2 aliphatic rings. The van der Waals surface area contributed by atoms with E-state index in [1.54, 1.807) is 25.3 Å². The van der Waals surface area contributed by atoms with Gasteiger partial charge in [0.05, 0.1) is 26.4 Å². The summed E-state index contributed by atoms with van der Waals surface area (Å²) in [6.07, 6.45) is 4.51. The molecule has 0 bridgehead atoms. The van der Waals surface area contributed by atoms with Crippen LogP contribution in [0.1, 0.15) is 39.2 Å². The maximum absolute atomic E-state index is 12.5. The molecular weight excluding hydrogens is 440 g/mol. The average Bonchev–Trinajstić information content (AvgIpc) is 3.18. The van der Waals surface area contributed by atoms with Crippen LogP contribution in [0.4, 0.5) is 0 Å². The molecule has 2 saturated heterocycles. The SMILES string of the molecule is C=C[C@H]1OCCC[C@@H]1O[C@](C)(C(=O)O)[C@@H](/C=C/[C@H]1COC(C)(C)O1)OCc1ccc(OC)cc1. The third-order valence-electron chi connectivity index (χ3n) is 6.03. The van der Waals surface area contributed by atoms with Gasteiger partial charge < -0.3 is 33.5 Å². The number of rotatable bonds is 11. The fourth-order valence-corrected chi connectivity index (χ4v) is 4.02. The Labute approximate surface area is 201 Å². The Morgan fingerprint density at radius 1 is 1.35 bits per heavy atom. The summed E-state index contributed by atoms with van der Waals surface area (Å²) in [5, 5.41) is 10.3. The molecule has 2 heterocycles. The molecule has 8 heteroatoms. The van der Waals surface area contributed by atoms with Gasteiger partial charge in [0.15, 0.2) is 11.4 Å². The average molecular weight is 477 g/mol. The van der Waals surface area contributed by atoms with Crippen molar-refractivity contribution in [1.29, 1.82) is 0 Å². The molecule has 0 radical (unpaired) electrons. The molecule has 1 aromatic rings. The van der Waals surface area contributed by atoms with Crippen LogP contribution in [0.15, 0.2) is 49.1 Å². The Kier molecular flexibility index (Phi) is 8.89. The van der Waals surface area contributed by atoms with E-state index in [9.17, 15) is 9.90 Å². The monoisotopic (exact) mass is 476 g/mol. The smallest absolute Gasteiger partial charge is 0.338 e. The van der Waals surface area contributed by atoms with Crippen LogP contribution in [0.25, 0.3) is 0 Å². The molecule has 188 valence electrons. The zero-order chi connectivity index (χ0) is 24.8. The molecule has 0 unspecified atom stereocenters. The number of hydrogen-bond donors (Lipinski definition) is 1. The minimum absolute atomic E-state index is 0.185. The molecule has 0 aromatic heterocycles. The second-order valence-corrected chi connectivity index (χ2v) is 9.11. The van der Waals surface area contributed by atoms with E-state index in [-0.39, 0.29) is 18.8 Å². The van der Waals surface area contributed by atoms with Crippen LogP contribution in [0, 0.1) is 0 Å². The third-order valence-corrected chi connectivity index (χ3v) is 6.03. The Morgan fingerprint density at radius 3 is 2.68 bits per heavy atom. The molecule has 0 amide bonds.